The number of anilines is 1. The van der Waals surface area contributed by atoms with E-state index < -0.39 is 29.2 Å². The zero-order valence-electron chi connectivity index (χ0n) is 9.64. The largest absolute Gasteiger partial charge is 0.379 e. The van der Waals surface area contributed by atoms with Crippen molar-refractivity contribution in [3.63, 3.8) is 0 Å². The lowest BCUT2D eigenvalue weighted by Crippen LogP contribution is -2.31. The van der Waals surface area contributed by atoms with Crippen molar-refractivity contribution in [3.05, 3.63) is 23.5 Å². The van der Waals surface area contributed by atoms with Gasteiger partial charge in [0, 0.05) is 7.11 Å². The van der Waals surface area contributed by atoms with E-state index in [2.05, 4.69) is 10.3 Å². The number of methoxy groups -OCH3 is 1. The average Bonchev–Trinajstić information content (AvgIpc) is 2.79. The van der Waals surface area contributed by atoms with Crippen LogP contribution in [-0.2, 0) is 4.74 Å². The van der Waals surface area contributed by atoms with Gasteiger partial charge in [0.15, 0.2) is 0 Å². The summed E-state index contributed by atoms with van der Waals surface area (Å²) in [5.41, 5.74) is -0.825. The molecule has 18 heavy (non-hydrogen) atoms. The number of pyridine rings is 1. The summed E-state index contributed by atoms with van der Waals surface area (Å²) in [6, 6.07) is -0.375. The molecule has 0 saturated heterocycles. The highest BCUT2D eigenvalue weighted by Gasteiger charge is 2.30. The Morgan fingerprint density at radius 3 is 2.28 bits per heavy atom. The Balaban J connectivity index is 2.28. The van der Waals surface area contributed by atoms with Gasteiger partial charge in [-0.1, -0.05) is 0 Å². The van der Waals surface area contributed by atoms with Gasteiger partial charge in [-0.05, 0) is 19.3 Å². The summed E-state index contributed by atoms with van der Waals surface area (Å²) in [7, 11) is 1.48. The van der Waals surface area contributed by atoms with Crippen LogP contribution in [0.1, 0.15) is 19.3 Å². The molecule has 0 aromatic carbocycles. The minimum Gasteiger partial charge on any atom is -0.379 e. The molecule has 0 radical (unpaired) electrons. The van der Waals surface area contributed by atoms with Crippen molar-refractivity contribution in [1.29, 1.82) is 0 Å². The fourth-order valence-corrected chi connectivity index (χ4v) is 2.17. The molecule has 1 fully saturated rings. The number of hydrogen-bond acceptors (Lipinski definition) is 3. The smallest absolute Gasteiger partial charge is 0.253 e. The molecule has 2 unspecified atom stereocenters. The fraction of sp³-hybridized carbons (Fsp3) is 0.545. The Labute approximate surface area is 101 Å². The molecule has 0 bridgehead atoms. The van der Waals surface area contributed by atoms with Gasteiger partial charge in [0.05, 0.1) is 12.1 Å². The van der Waals surface area contributed by atoms with Crippen LogP contribution in [0.3, 0.4) is 0 Å². The third-order valence-electron chi connectivity index (χ3n) is 3.08. The number of nitrogens with zero attached hydrogens (tertiary/aromatic N) is 1. The first-order chi connectivity index (χ1) is 8.54. The first-order valence-electron chi connectivity index (χ1n) is 5.54. The van der Waals surface area contributed by atoms with Crippen molar-refractivity contribution < 1.29 is 22.3 Å². The molecular formula is C11H12F4N2O. The molecule has 1 aromatic heterocycles. The maximum absolute atomic E-state index is 13.4. The van der Waals surface area contributed by atoms with Crippen molar-refractivity contribution in [2.45, 2.75) is 31.4 Å². The van der Waals surface area contributed by atoms with Crippen molar-refractivity contribution in [2.75, 3.05) is 12.4 Å². The highest BCUT2D eigenvalue weighted by molar-refractivity contribution is 5.46. The van der Waals surface area contributed by atoms with Crippen LogP contribution in [0.25, 0.3) is 0 Å². The summed E-state index contributed by atoms with van der Waals surface area (Å²) in [5, 5.41) is 2.47. The van der Waals surface area contributed by atoms with Gasteiger partial charge < -0.3 is 10.1 Å². The number of hydrogen-bond donors (Lipinski definition) is 1. The van der Waals surface area contributed by atoms with Gasteiger partial charge in [0.25, 0.3) is 11.9 Å². The summed E-state index contributed by atoms with van der Waals surface area (Å²) in [5.74, 6) is -6.36. The molecule has 0 aliphatic heterocycles. The third-order valence-corrected chi connectivity index (χ3v) is 3.08. The van der Waals surface area contributed by atoms with Crippen LogP contribution in [0.15, 0.2) is 0 Å². The molecule has 1 aliphatic carbocycles. The van der Waals surface area contributed by atoms with Crippen LogP contribution in [0.4, 0.5) is 23.2 Å². The zero-order chi connectivity index (χ0) is 13.3. The maximum Gasteiger partial charge on any atom is 0.253 e. The van der Waals surface area contributed by atoms with Crippen molar-refractivity contribution in [1.82, 2.24) is 4.98 Å². The Hall–Kier alpha value is -1.37. The van der Waals surface area contributed by atoms with Gasteiger partial charge in [0.2, 0.25) is 11.6 Å². The monoisotopic (exact) mass is 264 g/mol. The van der Waals surface area contributed by atoms with E-state index in [0.29, 0.717) is 6.42 Å². The van der Waals surface area contributed by atoms with Crippen LogP contribution in [0.2, 0.25) is 0 Å². The molecule has 3 nitrogen and oxygen atoms in total. The van der Waals surface area contributed by atoms with Crippen LogP contribution in [-0.4, -0.2) is 24.2 Å². The Morgan fingerprint density at radius 1 is 1.11 bits per heavy atom. The maximum atomic E-state index is 13.4. The minimum absolute atomic E-state index is 0.233. The second-order valence-electron chi connectivity index (χ2n) is 4.15. The van der Waals surface area contributed by atoms with Crippen LogP contribution < -0.4 is 5.32 Å². The van der Waals surface area contributed by atoms with Crippen molar-refractivity contribution in [2.24, 2.45) is 0 Å². The lowest BCUT2D eigenvalue weighted by molar-refractivity contribution is 0.101. The van der Waals surface area contributed by atoms with Crippen molar-refractivity contribution in [3.8, 4) is 0 Å². The second-order valence-corrected chi connectivity index (χ2v) is 4.15. The van der Waals surface area contributed by atoms with E-state index in [1.54, 1.807) is 0 Å². The number of halogens is 4. The summed E-state index contributed by atoms with van der Waals surface area (Å²) >= 11 is 0. The summed E-state index contributed by atoms with van der Waals surface area (Å²) in [4.78, 5) is 2.49. The van der Waals surface area contributed by atoms with Gasteiger partial charge in [0.1, 0.15) is 5.69 Å². The Bertz CT molecular complexity index is 429. The molecule has 0 spiro atoms. The zero-order valence-corrected chi connectivity index (χ0v) is 9.64. The number of nitrogens with one attached hydrogen (secondary N) is 1. The molecule has 2 rings (SSSR count). The fourth-order valence-electron chi connectivity index (χ4n) is 2.17. The van der Waals surface area contributed by atoms with E-state index in [0.717, 1.165) is 12.8 Å². The standard InChI is InChI=1S/C11H12F4N2O/c1-18-6-4-2-3-5(6)16-9-7(12)10(14)17-11(15)8(9)13/h5-6H,2-4H2,1H3,(H,16,17). The molecule has 1 saturated carbocycles. The molecular weight excluding hydrogens is 252 g/mol. The molecule has 0 amide bonds. The minimum atomic E-state index is -1.66. The average molecular weight is 264 g/mol. The lowest BCUT2D eigenvalue weighted by atomic mass is 10.2. The first-order valence-corrected chi connectivity index (χ1v) is 5.54. The second kappa shape index (κ2) is 5.09. The van der Waals surface area contributed by atoms with Gasteiger partial charge in [-0.2, -0.15) is 22.5 Å². The summed E-state index contributed by atoms with van der Waals surface area (Å²) in [6.45, 7) is 0. The van der Waals surface area contributed by atoms with Crippen molar-refractivity contribution >= 4 is 5.69 Å². The molecule has 100 valence electrons. The molecule has 1 aliphatic rings. The van der Waals surface area contributed by atoms with Gasteiger partial charge in [-0.25, -0.2) is 0 Å². The van der Waals surface area contributed by atoms with Gasteiger partial charge in [-0.3, -0.25) is 0 Å². The Kier molecular flexibility index (Phi) is 3.70. The predicted molar refractivity (Wildman–Crippen MR) is 56.1 cm³/mol. The quantitative estimate of drug-likeness (QED) is 0.673. The summed E-state index contributed by atoms with van der Waals surface area (Å²) < 4.78 is 57.7. The van der Waals surface area contributed by atoms with Crippen LogP contribution in [0, 0.1) is 23.5 Å². The molecule has 1 N–H and O–H groups in total. The highest BCUT2D eigenvalue weighted by atomic mass is 19.2. The highest BCUT2D eigenvalue weighted by Crippen LogP contribution is 2.28. The summed E-state index contributed by atoms with van der Waals surface area (Å²) in [6.07, 6.45) is 1.93. The number of rotatable bonds is 3. The van der Waals surface area contributed by atoms with Gasteiger partial charge in [-0.15, -0.1) is 0 Å². The van der Waals surface area contributed by atoms with E-state index >= 15 is 0 Å². The van der Waals surface area contributed by atoms with Crippen LogP contribution in [0.5, 0.6) is 0 Å². The topological polar surface area (TPSA) is 34.1 Å². The molecule has 1 heterocycles. The van der Waals surface area contributed by atoms with Crippen LogP contribution >= 0.6 is 0 Å². The van der Waals surface area contributed by atoms with E-state index in [-0.39, 0.29) is 12.1 Å². The van der Waals surface area contributed by atoms with E-state index in [9.17, 15) is 17.6 Å². The van der Waals surface area contributed by atoms with E-state index in [4.69, 9.17) is 4.74 Å². The normalized spacial score (nSPS) is 23.4. The van der Waals surface area contributed by atoms with E-state index in [1.807, 2.05) is 0 Å². The van der Waals surface area contributed by atoms with Gasteiger partial charge >= 0.3 is 0 Å². The predicted octanol–water partition coefficient (Wildman–Crippen LogP) is 2.62. The molecule has 7 heteroatoms. The number of aromatic nitrogens is 1. The third kappa shape index (κ3) is 2.27. The first kappa shape index (κ1) is 13.1. The van der Waals surface area contributed by atoms with E-state index in [1.165, 1.54) is 7.11 Å². The Morgan fingerprint density at radius 2 is 1.72 bits per heavy atom. The molecule has 2 atom stereocenters. The molecule has 1 aromatic rings. The SMILES string of the molecule is COC1CCCC1Nc1c(F)c(F)nc(F)c1F. The number of ether oxygens (including phenoxy) is 1. The lowest BCUT2D eigenvalue weighted by Gasteiger charge is -2.21.